The van der Waals surface area contributed by atoms with Crippen molar-refractivity contribution in [3.63, 3.8) is 0 Å². The van der Waals surface area contributed by atoms with Gasteiger partial charge in [0, 0.05) is 0 Å². The van der Waals surface area contributed by atoms with Gasteiger partial charge in [-0.05, 0) is 46.3 Å². The van der Waals surface area contributed by atoms with Crippen LogP contribution in [0.15, 0.2) is 34.1 Å². The molecule has 0 fully saturated rings. The van der Waals surface area contributed by atoms with E-state index in [4.69, 9.17) is 5.73 Å². The lowest BCUT2D eigenvalue weighted by Gasteiger charge is -2.06. The van der Waals surface area contributed by atoms with E-state index in [1.807, 2.05) is 12.1 Å². The van der Waals surface area contributed by atoms with Crippen molar-refractivity contribution < 1.29 is 4.39 Å². The number of halogens is 2. The van der Waals surface area contributed by atoms with E-state index in [1.54, 1.807) is 17.4 Å². The fourth-order valence-electron chi connectivity index (χ4n) is 1.16. The van der Waals surface area contributed by atoms with Gasteiger partial charge in [-0.25, -0.2) is 4.39 Å². The molecule has 1 heterocycles. The third kappa shape index (κ3) is 2.49. The molecule has 1 aromatic carbocycles. The number of hydrogen-bond donors (Lipinski definition) is 2. The monoisotopic (exact) mass is 286 g/mol. The number of hydrogen-bond acceptors (Lipinski definition) is 3. The van der Waals surface area contributed by atoms with Gasteiger partial charge < -0.3 is 11.1 Å². The normalized spacial score (nSPS) is 10.3. The molecule has 0 aliphatic carbocycles. The molecule has 0 atom stereocenters. The van der Waals surface area contributed by atoms with Crippen LogP contribution < -0.4 is 11.1 Å². The van der Waals surface area contributed by atoms with Crippen molar-refractivity contribution in [2.75, 3.05) is 11.1 Å². The number of nitrogen functional groups attached to an aromatic ring is 1. The Morgan fingerprint density at radius 1 is 1.27 bits per heavy atom. The van der Waals surface area contributed by atoms with Gasteiger partial charge >= 0.3 is 0 Å². The highest BCUT2D eigenvalue weighted by Crippen LogP contribution is 2.31. The van der Waals surface area contributed by atoms with Crippen LogP contribution in [0, 0.1) is 5.82 Å². The predicted molar refractivity (Wildman–Crippen MR) is 66.1 cm³/mol. The minimum atomic E-state index is -0.328. The molecule has 1 aromatic heterocycles. The Bertz CT molecular complexity index is 484. The third-order valence-corrected chi connectivity index (χ3v) is 3.38. The van der Waals surface area contributed by atoms with Gasteiger partial charge in [0.25, 0.3) is 0 Å². The standard InChI is InChI=1S/C10H8BrFN2S/c11-9-3-4-10(15-9)14-8-2-1-6(12)5-7(8)13/h1-5,14H,13H2. The first-order valence-electron chi connectivity index (χ1n) is 4.22. The first-order valence-corrected chi connectivity index (χ1v) is 5.83. The van der Waals surface area contributed by atoms with E-state index in [0.29, 0.717) is 11.4 Å². The van der Waals surface area contributed by atoms with E-state index >= 15 is 0 Å². The zero-order valence-corrected chi connectivity index (χ0v) is 10.0. The van der Waals surface area contributed by atoms with Crippen LogP contribution in [-0.4, -0.2) is 0 Å². The highest BCUT2D eigenvalue weighted by Gasteiger charge is 2.02. The van der Waals surface area contributed by atoms with E-state index in [1.165, 1.54) is 12.1 Å². The number of nitrogens with one attached hydrogen (secondary N) is 1. The molecular formula is C10H8BrFN2S. The van der Waals surface area contributed by atoms with E-state index in [2.05, 4.69) is 21.2 Å². The molecule has 0 aliphatic heterocycles. The van der Waals surface area contributed by atoms with Gasteiger partial charge in [-0.15, -0.1) is 11.3 Å². The molecule has 0 spiro atoms. The van der Waals surface area contributed by atoms with E-state index in [9.17, 15) is 4.39 Å². The maximum absolute atomic E-state index is 12.8. The zero-order chi connectivity index (χ0) is 10.8. The molecule has 2 nitrogen and oxygen atoms in total. The molecule has 15 heavy (non-hydrogen) atoms. The Balaban J connectivity index is 2.24. The van der Waals surface area contributed by atoms with Gasteiger partial charge in [0.2, 0.25) is 0 Å². The van der Waals surface area contributed by atoms with Gasteiger partial charge in [0.05, 0.1) is 20.2 Å². The molecule has 5 heteroatoms. The number of rotatable bonds is 2. The van der Waals surface area contributed by atoms with Crippen molar-refractivity contribution >= 4 is 43.6 Å². The lowest BCUT2D eigenvalue weighted by molar-refractivity contribution is 0.628. The Kier molecular flexibility index (Phi) is 2.93. The van der Waals surface area contributed by atoms with Gasteiger partial charge in [-0.3, -0.25) is 0 Å². The van der Waals surface area contributed by atoms with Crippen molar-refractivity contribution in [1.29, 1.82) is 0 Å². The third-order valence-electron chi connectivity index (χ3n) is 1.84. The summed E-state index contributed by atoms with van der Waals surface area (Å²) in [4.78, 5) is 0. The summed E-state index contributed by atoms with van der Waals surface area (Å²) in [5.41, 5.74) is 6.78. The molecular weight excluding hydrogens is 279 g/mol. The summed E-state index contributed by atoms with van der Waals surface area (Å²) in [6, 6.07) is 8.16. The number of anilines is 3. The van der Waals surface area contributed by atoms with Gasteiger partial charge in [-0.2, -0.15) is 0 Å². The van der Waals surface area contributed by atoms with Crippen LogP contribution in [0.2, 0.25) is 0 Å². The molecule has 0 saturated carbocycles. The van der Waals surface area contributed by atoms with Crippen LogP contribution >= 0.6 is 27.3 Å². The van der Waals surface area contributed by atoms with Crippen LogP contribution in [0.5, 0.6) is 0 Å². The lowest BCUT2D eigenvalue weighted by atomic mass is 10.2. The Labute approximate surface area is 99.1 Å². The summed E-state index contributed by atoms with van der Waals surface area (Å²) in [6.45, 7) is 0. The summed E-state index contributed by atoms with van der Waals surface area (Å²) < 4.78 is 13.8. The lowest BCUT2D eigenvalue weighted by Crippen LogP contribution is -1.95. The molecule has 2 rings (SSSR count). The fraction of sp³-hybridized carbons (Fsp3) is 0. The van der Waals surface area contributed by atoms with Crippen LogP contribution in [0.25, 0.3) is 0 Å². The maximum Gasteiger partial charge on any atom is 0.125 e. The van der Waals surface area contributed by atoms with Crippen LogP contribution in [0.3, 0.4) is 0 Å². The second-order valence-electron chi connectivity index (χ2n) is 2.96. The van der Waals surface area contributed by atoms with E-state index in [-0.39, 0.29) is 5.82 Å². The summed E-state index contributed by atoms with van der Waals surface area (Å²) >= 11 is 4.91. The van der Waals surface area contributed by atoms with Crippen LogP contribution in [0.4, 0.5) is 20.8 Å². The number of benzene rings is 1. The molecule has 0 bridgehead atoms. The fourth-order valence-corrected chi connectivity index (χ4v) is 2.46. The SMILES string of the molecule is Nc1cc(F)ccc1Nc1ccc(Br)s1. The molecule has 2 aromatic rings. The van der Waals surface area contributed by atoms with Crippen molar-refractivity contribution in [3.8, 4) is 0 Å². The van der Waals surface area contributed by atoms with E-state index < -0.39 is 0 Å². The minimum Gasteiger partial charge on any atom is -0.397 e. The maximum atomic E-state index is 12.8. The molecule has 0 radical (unpaired) electrons. The first-order chi connectivity index (χ1) is 7.15. The Morgan fingerprint density at radius 3 is 2.67 bits per heavy atom. The predicted octanol–water partition coefficient (Wildman–Crippen LogP) is 3.98. The molecule has 3 N–H and O–H groups in total. The number of thiophene rings is 1. The smallest absolute Gasteiger partial charge is 0.125 e. The summed E-state index contributed by atoms with van der Waals surface area (Å²) in [7, 11) is 0. The molecule has 0 saturated heterocycles. The molecule has 0 unspecified atom stereocenters. The summed E-state index contributed by atoms with van der Waals surface area (Å²) in [5, 5.41) is 4.08. The Hall–Kier alpha value is -1.07. The second kappa shape index (κ2) is 4.20. The van der Waals surface area contributed by atoms with Crippen LogP contribution in [0.1, 0.15) is 0 Å². The van der Waals surface area contributed by atoms with E-state index in [0.717, 1.165) is 8.79 Å². The van der Waals surface area contributed by atoms with Gasteiger partial charge in [-0.1, -0.05) is 0 Å². The quantitative estimate of drug-likeness (QED) is 0.820. The van der Waals surface area contributed by atoms with Crippen molar-refractivity contribution in [2.24, 2.45) is 0 Å². The topological polar surface area (TPSA) is 38.0 Å². The molecule has 78 valence electrons. The van der Waals surface area contributed by atoms with Crippen molar-refractivity contribution in [2.45, 2.75) is 0 Å². The highest BCUT2D eigenvalue weighted by atomic mass is 79.9. The molecule has 0 amide bonds. The average molecular weight is 287 g/mol. The molecule has 0 aliphatic rings. The average Bonchev–Trinajstić information content (AvgIpc) is 2.56. The Morgan fingerprint density at radius 2 is 2.07 bits per heavy atom. The minimum absolute atomic E-state index is 0.328. The van der Waals surface area contributed by atoms with Crippen molar-refractivity contribution in [3.05, 3.63) is 39.9 Å². The first kappa shape index (κ1) is 10.4. The van der Waals surface area contributed by atoms with Crippen molar-refractivity contribution in [1.82, 2.24) is 0 Å². The largest absolute Gasteiger partial charge is 0.397 e. The van der Waals surface area contributed by atoms with Crippen LogP contribution in [-0.2, 0) is 0 Å². The van der Waals surface area contributed by atoms with Gasteiger partial charge in [0.1, 0.15) is 5.82 Å². The zero-order valence-electron chi connectivity index (χ0n) is 7.63. The number of nitrogens with two attached hydrogens (primary N) is 1. The highest BCUT2D eigenvalue weighted by molar-refractivity contribution is 9.11. The summed E-state index contributed by atoms with van der Waals surface area (Å²) in [6.07, 6.45) is 0. The summed E-state index contributed by atoms with van der Waals surface area (Å²) in [5.74, 6) is -0.328. The van der Waals surface area contributed by atoms with Gasteiger partial charge in [0.15, 0.2) is 0 Å². The second-order valence-corrected chi connectivity index (χ2v) is 5.42.